The molecule has 0 amide bonds. The molecule has 148 valence electrons. The molecule has 0 fully saturated rings. The summed E-state index contributed by atoms with van der Waals surface area (Å²) in [5.74, 6) is 2.20. The first kappa shape index (κ1) is 21.5. The predicted molar refractivity (Wildman–Crippen MR) is 120 cm³/mol. The van der Waals surface area contributed by atoms with E-state index in [0.29, 0.717) is 5.92 Å². The third-order valence-electron chi connectivity index (χ3n) is 4.59. The van der Waals surface area contributed by atoms with Crippen LogP contribution in [-0.2, 0) is 6.54 Å². The number of nitrogens with zero attached hydrogens (tertiary/aromatic N) is 3. The van der Waals surface area contributed by atoms with Gasteiger partial charge in [0, 0.05) is 44.5 Å². The number of nitrogens with one attached hydrogen (secondary N) is 2. The second-order valence-corrected chi connectivity index (χ2v) is 7.59. The van der Waals surface area contributed by atoms with Crippen molar-refractivity contribution in [2.45, 2.75) is 45.4 Å². The van der Waals surface area contributed by atoms with E-state index in [9.17, 15) is 0 Å². The molecule has 1 aromatic heterocycles. The summed E-state index contributed by atoms with van der Waals surface area (Å²) in [5.41, 5.74) is 0.970. The zero-order valence-corrected chi connectivity index (χ0v) is 18.8. The standard InChI is InChI=1S/C20H29N5O.HI/c1-15(14-25-11-7-10-23-25)13-22-19(21-4)24-17-12-20(2,3)26-18-9-6-5-8-16(17)18;/h5-11,15,17H,12-14H2,1-4H3,(H2,21,22,24);1H. The van der Waals surface area contributed by atoms with Crippen LogP contribution in [0.15, 0.2) is 47.7 Å². The van der Waals surface area contributed by atoms with E-state index in [0.717, 1.165) is 31.2 Å². The molecular weight excluding hydrogens is 453 g/mol. The van der Waals surface area contributed by atoms with E-state index < -0.39 is 0 Å². The molecule has 2 heterocycles. The fourth-order valence-corrected chi connectivity index (χ4v) is 3.35. The maximum absolute atomic E-state index is 6.11. The molecule has 0 saturated carbocycles. The van der Waals surface area contributed by atoms with E-state index in [1.165, 1.54) is 5.56 Å². The van der Waals surface area contributed by atoms with Crippen LogP contribution >= 0.6 is 24.0 Å². The Balaban J connectivity index is 0.00000261. The lowest BCUT2D eigenvalue weighted by molar-refractivity contribution is 0.0694. The number of ether oxygens (including phenoxy) is 1. The molecule has 6 nitrogen and oxygen atoms in total. The van der Waals surface area contributed by atoms with Gasteiger partial charge in [-0.1, -0.05) is 25.1 Å². The Labute approximate surface area is 178 Å². The minimum atomic E-state index is -0.210. The quantitative estimate of drug-likeness (QED) is 0.388. The molecule has 3 rings (SSSR count). The van der Waals surface area contributed by atoms with Crippen LogP contribution in [0.1, 0.15) is 38.8 Å². The number of benzene rings is 1. The van der Waals surface area contributed by atoms with E-state index >= 15 is 0 Å². The number of rotatable bonds is 5. The summed E-state index contributed by atoms with van der Waals surface area (Å²) in [7, 11) is 1.81. The van der Waals surface area contributed by atoms with Crippen molar-refractivity contribution in [3.8, 4) is 5.75 Å². The van der Waals surface area contributed by atoms with Gasteiger partial charge < -0.3 is 15.4 Å². The molecule has 0 bridgehead atoms. The van der Waals surface area contributed by atoms with Gasteiger partial charge in [0.25, 0.3) is 0 Å². The van der Waals surface area contributed by atoms with Crippen molar-refractivity contribution in [1.82, 2.24) is 20.4 Å². The van der Waals surface area contributed by atoms with Crippen molar-refractivity contribution in [1.29, 1.82) is 0 Å². The van der Waals surface area contributed by atoms with Crippen LogP contribution in [0.4, 0.5) is 0 Å². The van der Waals surface area contributed by atoms with E-state index in [-0.39, 0.29) is 35.6 Å². The SMILES string of the molecule is CN=C(NCC(C)Cn1cccn1)NC1CC(C)(C)Oc2ccccc21.I. The number of halogens is 1. The first-order valence-electron chi connectivity index (χ1n) is 9.19. The van der Waals surface area contributed by atoms with E-state index in [4.69, 9.17) is 4.74 Å². The topological polar surface area (TPSA) is 63.5 Å². The first-order valence-corrected chi connectivity index (χ1v) is 9.19. The lowest BCUT2D eigenvalue weighted by Gasteiger charge is -2.38. The van der Waals surface area contributed by atoms with Crippen molar-refractivity contribution in [2.24, 2.45) is 10.9 Å². The summed E-state index contributed by atoms with van der Waals surface area (Å²) in [4.78, 5) is 4.40. The Bertz CT molecular complexity index is 745. The molecule has 2 atom stereocenters. The summed E-state index contributed by atoms with van der Waals surface area (Å²) < 4.78 is 8.07. The van der Waals surface area contributed by atoms with E-state index in [1.807, 2.05) is 42.3 Å². The molecule has 1 aliphatic heterocycles. The molecule has 7 heteroatoms. The third-order valence-corrected chi connectivity index (χ3v) is 4.59. The fraction of sp³-hybridized carbons (Fsp3) is 0.500. The van der Waals surface area contributed by atoms with Crippen molar-refractivity contribution >= 4 is 29.9 Å². The molecular formula is C20H30IN5O. The Morgan fingerprint density at radius 2 is 2.15 bits per heavy atom. The maximum Gasteiger partial charge on any atom is 0.191 e. The summed E-state index contributed by atoms with van der Waals surface area (Å²) >= 11 is 0. The zero-order valence-electron chi connectivity index (χ0n) is 16.5. The van der Waals surface area contributed by atoms with Gasteiger partial charge in [0.1, 0.15) is 11.4 Å². The van der Waals surface area contributed by atoms with E-state index in [2.05, 4.69) is 53.6 Å². The van der Waals surface area contributed by atoms with Gasteiger partial charge in [-0.2, -0.15) is 5.10 Å². The highest BCUT2D eigenvalue weighted by atomic mass is 127. The predicted octanol–water partition coefficient (Wildman–Crippen LogP) is 3.60. The maximum atomic E-state index is 6.11. The highest BCUT2D eigenvalue weighted by molar-refractivity contribution is 14.0. The fourth-order valence-electron chi connectivity index (χ4n) is 3.35. The van der Waals surface area contributed by atoms with E-state index in [1.54, 1.807) is 0 Å². The Kier molecular flexibility index (Phi) is 7.52. The number of aliphatic imine (C=N–C) groups is 1. The molecule has 1 aromatic carbocycles. The van der Waals surface area contributed by atoms with Gasteiger partial charge >= 0.3 is 0 Å². The third kappa shape index (κ3) is 5.85. The van der Waals surface area contributed by atoms with Gasteiger partial charge in [0.05, 0.1) is 6.04 Å². The molecule has 0 radical (unpaired) electrons. The molecule has 2 N–H and O–H groups in total. The number of para-hydroxylation sites is 1. The molecule has 27 heavy (non-hydrogen) atoms. The molecule has 0 aliphatic carbocycles. The molecule has 2 aromatic rings. The summed E-state index contributed by atoms with van der Waals surface area (Å²) in [5, 5.41) is 11.3. The summed E-state index contributed by atoms with van der Waals surface area (Å²) in [6.45, 7) is 8.16. The minimum Gasteiger partial charge on any atom is -0.487 e. The lowest BCUT2D eigenvalue weighted by atomic mass is 9.90. The van der Waals surface area contributed by atoms with Gasteiger partial charge in [0.2, 0.25) is 0 Å². The minimum absolute atomic E-state index is 0. The van der Waals surface area contributed by atoms with Gasteiger partial charge in [-0.3, -0.25) is 9.67 Å². The number of hydrogen-bond donors (Lipinski definition) is 2. The lowest BCUT2D eigenvalue weighted by Crippen LogP contribution is -2.46. The van der Waals surface area contributed by atoms with Crippen LogP contribution in [0.3, 0.4) is 0 Å². The summed E-state index contributed by atoms with van der Waals surface area (Å²) in [6, 6.07) is 10.3. The Morgan fingerprint density at radius 3 is 2.85 bits per heavy atom. The highest BCUT2D eigenvalue weighted by Crippen LogP contribution is 2.39. The van der Waals surface area contributed by atoms with Crippen LogP contribution in [0.25, 0.3) is 0 Å². The number of fused-ring (bicyclic) bond motifs is 1. The van der Waals surface area contributed by atoms with Crippen LogP contribution in [0.5, 0.6) is 5.75 Å². The van der Waals surface area contributed by atoms with Crippen molar-refractivity contribution < 1.29 is 4.74 Å². The first-order chi connectivity index (χ1) is 12.5. The highest BCUT2D eigenvalue weighted by Gasteiger charge is 2.33. The molecule has 0 spiro atoms. The average molecular weight is 483 g/mol. The normalized spacial score (nSPS) is 19.3. The second kappa shape index (κ2) is 9.43. The van der Waals surface area contributed by atoms with Gasteiger partial charge in [0.15, 0.2) is 5.96 Å². The molecule has 1 aliphatic rings. The van der Waals surface area contributed by atoms with Crippen LogP contribution < -0.4 is 15.4 Å². The van der Waals surface area contributed by atoms with Gasteiger partial charge in [-0.25, -0.2) is 0 Å². The zero-order chi connectivity index (χ0) is 18.6. The molecule has 2 unspecified atom stereocenters. The Hall–Kier alpha value is -1.77. The van der Waals surface area contributed by atoms with Crippen molar-refractivity contribution in [3.63, 3.8) is 0 Å². The van der Waals surface area contributed by atoms with Crippen molar-refractivity contribution in [2.75, 3.05) is 13.6 Å². The van der Waals surface area contributed by atoms with Gasteiger partial charge in [-0.15, -0.1) is 24.0 Å². The Morgan fingerprint density at radius 1 is 1.37 bits per heavy atom. The van der Waals surface area contributed by atoms with Gasteiger partial charge in [-0.05, 0) is 31.9 Å². The molecule has 0 saturated heterocycles. The number of aromatic nitrogens is 2. The van der Waals surface area contributed by atoms with Crippen LogP contribution in [0.2, 0.25) is 0 Å². The number of guanidine groups is 1. The average Bonchev–Trinajstić information content (AvgIpc) is 3.10. The smallest absolute Gasteiger partial charge is 0.191 e. The van der Waals surface area contributed by atoms with Crippen molar-refractivity contribution in [3.05, 3.63) is 48.3 Å². The second-order valence-electron chi connectivity index (χ2n) is 7.59. The monoisotopic (exact) mass is 483 g/mol. The van der Waals surface area contributed by atoms with Crippen LogP contribution in [0, 0.1) is 5.92 Å². The largest absolute Gasteiger partial charge is 0.487 e. The summed E-state index contributed by atoms with van der Waals surface area (Å²) in [6.07, 6.45) is 4.68. The van der Waals surface area contributed by atoms with Crippen LogP contribution in [-0.4, -0.2) is 34.9 Å². The number of hydrogen-bond acceptors (Lipinski definition) is 3.